The first-order valence-corrected chi connectivity index (χ1v) is 11.2. The van der Waals surface area contributed by atoms with E-state index < -0.39 is 23.3 Å². The fourth-order valence-corrected chi connectivity index (χ4v) is 5.37. The van der Waals surface area contributed by atoms with E-state index in [0.717, 1.165) is 18.9 Å². The number of ether oxygens (including phenoxy) is 1. The Bertz CT molecular complexity index is 1060. The van der Waals surface area contributed by atoms with Gasteiger partial charge in [-0.2, -0.15) is 0 Å². The molecule has 0 N–H and O–H groups in total. The fraction of sp³-hybridized carbons (Fsp3) is 0.522. The van der Waals surface area contributed by atoms with Crippen LogP contribution in [-0.2, 0) is 9.53 Å². The van der Waals surface area contributed by atoms with Gasteiger partial charge in [-0.3, -0.25) is 4.79 Å². The van der Waals surface area contributed by atoms with Crippen LogP contribution in [0.2, 0.25) is 0 Å². The van der Waals surface area contributed by atoms with Crippen LogP contribution >= 0.6 is 0 Å². The molecule has 0 bridgehead atoms. The lowest BCUT2D eigenvalue weighted by Crippen LogP contribution is -2.50. The number of rotatable bonds is 3. The predicted octanol–water partition coefficient (Wildman–Crippen LogP) is 3.83. The number of piperidine rings is 1. The summed E-state index contributed by atoms with van der Waals surface area (Å²) in [5, 5.41) is 0. The molecule has 6 nitrogen and oxygen atoms in total. The third-order valence-electron chi connectivity index (χ3n) is 7.17. The van der Waals surface area contributed by atoms with E-state index in [9.17, 15) is 18.0 Å². The van der Waals surface area contributed by atoms with Crippen molar-refractivity contribution in [3.63, 3.8) is 0 Å². The number of amides is 1. The molecule has 0 unspecified atom stereocenters. The monoisotopic (exact) mass is 444 g/mol. The van der Waals surface area contributed by atoms with E-state index in [1.165, 1.54) is 18.3 Å². The molecule has 168 valence electrons. The van der Waals surface area contributed by atoms with Crippen LogP contribution in [0.3, 0.4) is 0 Å². The van der Waals surface area contributed by atoms with E-state index in [1.54, 1.807) is 4.90 Å². The molecule has 3 aliphatic heterocycles. The number of benzene rings is 1. The number of halogens is 3. The third kappa shape index (κ3) is 3.17. The van der Waals surface area contributed by atoms with Crippen molar-refractivity contribution in [1.29, 1.82) is 0 Å². The number of carbonyl (C=O) groups excluding carboxylic acids is 1. The van der Waals surface area contributed by atoms with Crippen molar-refractivity contribution in [1.82, 2.24) is 14.9 Å². The SMILES string of the molecule is O=C1N2[C@@H](CC[C@H]2c2cc(F)cc(F)c2)OC12CCN(c1ncc(F)c(C3CC3)n1)CC2. The Morgan fingerprint density at radius 1 is 1.00 bits per heavy atom. The molecule has 9 heteroatoms. The van der Waals surface area contributed by atoms with Crippen molar-refractivity contribution in [2.45, 2.75) is 62.3 Å². The normalized spacial score (nSPS) is 26.8. The Morgan fingerprint density at radius 3 is 2.41 bits per heavy atom. The second-order valence-corrected chi connectivity index (χ2v) is 9.24. The zero-order valence-corrected chi connectivity index (χ0v) is 17.4. The minimum Gasteiger partial charge on any atom is -0.342 e. The van der Waals surface area contributed by atoms with E-state index in [0.29, 0.717) is 56.0 Å². The molecule has 1 aliphatic carbocycles. The van der Waals surface area contributed by atoms with Gasteiger partial charge in [-0.1, -0.05) is 0 Å². The van der Waals surface area contributed by atoms with E-state index in [1.807, 2.05) is 4.90 Å². The number of hydrogen-bond donors (Lipinski definition) is 0. The maximum absolute atomic E-state index is 14.0. The molecule has 0 radical (unpaired) electrons. The maximum Gasteiger partial charge on any atom is 0.257 e. The Kier molecular flexibility index (Phi) is 4.47. The molecule has 6 rings (SSSR count). The smallest absolute Gasteiger partial charge is 0.257 e. The van der Waals surface area contributed by atoms with Gasteiger partial charge in [0.05, 0.1) is 17.9 Å². The van der Waals surface area contributed by atoms with E-state index in [2.05, 4.69) is 9.97 Å². The molecule has 1 aromatic carbocycles. The summed E-state index contributed by atoms with van der Waals surface area (Å²) in [5.74, 6) is -1.10. The Labute approximate surface area is 183 Å². The standard InChI is InChI=1S/C23H23F3N4O2/c24-15-9-14(10-16(25)11-15)18-3-4-19-30(18)21(31)23(32-19)5-7-29(8-6-23)22-27-12-17(26)20(28-22)13-1-2-13/h9-13,18-19H,1-8H2/t18-,19+/m0/s1. The molecule has 4 heterocycles. The molecule has 1 spiro atoms. The summed E-state index contributed by atoms with van der Waals surface area (Å²) in [6, 6.07) is 3.03. The summed E-state index contributed by atoms with van der Waals surface area (Å²) in [6.45, 7) is 1.03. The average Bonchev–Trinajstić information content (AvgIpc) is 3.48. The van der Waals surface area contributed by atoms with Crippen molar-refractivity contribution in [2.75, 3.05) is 18.0 Å². The van der Waals surface area contributed by atoms with Crippen LogP contribution in [0.15, 0.2) is 24.4 Å². The molecule has 1 aromatic heterocycles. The lowest BCUT2D eigenvalue weighted by molar-refractivity contribution is -0.140. The van der Waals surface area contributed by atoms with Crippen LogP contribution in [0.5, 0.6) is 0 Å². The van der Waals surface area contributed by atoms with Crippen LogP contribution in [0.4, 0.5) is 19.1 Å². The summed E-state index contributed by atoms with van der Waals surface area (Å²) < 4.78 is 47.8. The van der Waals surface area contributed by atoms with E-state index in [4.69, 9.17) is 4.74 Å². The van der Waals surface area contributed by atoms with Gasteiger partial charge in [0.2, 0.25) is 5.95 Å². The quantitative estimate of drug-likeness (QED) is 0.720. The highest BCUT2D eigenvalue weighted by Crippen LogP contribution is 2.48. The minimum atomic E-state index is -0.939. The largest absolute Gasteiger partial charge is 0.342 e. The summed E-state index contributed by atoms with van der Waals surface area (Å²) in [5.41, 5.74) is 0.00321. The van der Waals surface area contributed by atoms with Crippen molar-refractivity contribution < 1.29 is 22.7 Å². The van der Waals surface area contributed by atoms with Crippen molar-refractivity contribution in [2.24, 2.45) is 0 Å². The average molecular weight is 444 g/mol. The highest BCUT2D eigenvalue weighted by Gasteiger charge is 2.58. The zero-order chi connectivity index (χ0) is 22.0. The summed E-state index contributed by atoms with van der Waals surface area (Å²) >= 11 is 0. The van der Waals surface area contributed by atoms with Crippen molar-refractivity contribution in [3.05, 3.63) is 53.1 Å². The van der Waals surface area contributed by atoms with Crippen LogP contribution in [-0.4, -0.2) is 45.7 Å². The molecule has 1 saturated carbocycles. The predicted molar refractivity (Wildman–Crippen MR) is 108 cm³/mol. The first-order chi connectivity index (χ1) is 15.4. The number of aromatic nitrogens is 2. The lowest BCUT2D eigenvalue weighted by atomic mass is 9.89. The molecule has 32 heavy (non-hydrogen) atoms. The molecule has 4 fully saturated rings. The summed E-state index contributed by atoms with van der Waals surface area (Å²) in [6.07, 6.45) is 4.91. The molecular weight excluding hydrogens is 421 g/mol. The molecule has 2 atom stereocenters. The fourth-order valence-electron chi connectivity index (χ4n) is 5.37. The van der Waals surface area contributed by atoms with Gasteiger partial charge < -0.3 is 14.5 Å². The number of anilines is 1. The first-order valence-electron chi connectivity index (χ1n) is 11.2. The van der Waals surface area contributed by atoms with Gasteiger partial charge >= 0.3 is 0 Å². The highest BCUT2D eigenvalue weighted by molar-refractivity contribution is 5.88. The molecule has 1 amide bonds. The van der Waals surface area contributed by atoms with Crippen LogP contribution in [0.1, 0.15) is 61.7 Å². The summed E-state index contributed by atoms with van der Waals surface area (Å²) in [7, 11) is 0. The van der Waals surface area contributed by atoms with Gasteiger partial charge in [-0.25, -0.2) is 23.1 Å². The van der Waals surface area contributed by atoms with E-state index >= 15 is 0 Å². The van der Waals surface area contributed by atoms with Gasteiger partial charge in [0.25, 0.3) is 5.91 Å². The van der Waals surface area contributed by atoms with Gasteiger partial charge in [0, 0.05) is 37.9 Å². The van der Waals surface area contributed by atoms with Gasteiger partial charge in [0.15, 0.2) is 11.4 Å². The molecule has 4 aliphatic rings. The summed E-state index contributed by atoms with van der Waals surface area (Å²) in [4.78, 5) is 25.7. The highest BCUT2D eigenvalue weighted by atomic mass is 19.1. The van der Waals surface area contributed by atoms with Crippen molar-refractivity contribution in [3.8, 4) is 0 Å². The van der Waals surface area contributed by atoms with Crippen molar-refractivity contribution >= 4 is 11.9 Å². The van der Waals surface area contributed by atoms with E-state index in [-0.39, 0.29) is 23.9 Å². The number of nitrogens with zero attached hydrogens (tertiary/aromatic N) is 4. The Hall–Kier alpha value is -2.68. The van der Waals surface area contributed by atoms with Crippen LogP contribution < -0.4 is 4.90 Å². The Balaban J connectivity index is 1.19. The minimum absolute atomic E-state index is 0.118. The van der Waals surface area contributed by atoms with Gasteiger partial charge in [-0.15, -0.1) is 0 Å². The topological polar surface area (TPSA) is 58.6 Å². The number of hydrogen-bond acceptors (Lipinski definition) is 5. The lowest BCUT2D eigenvalue weighted by Gasteiger charge is -2.37. The van der Waals surface area contributed by atoms with Crippen LogP contribution in [0.25, 0.3) is 0 Å². The molecule has 3 saturated heterocycles. The second kappa shape index (κ2) is 7.16. The third-order valence-corrected chi connectivity index (χ3v) is 7.17. The second-order valence-electron chi connectivity index (χ2n) is 9.24. The number of fused-ring (bicyclic) bond motifs is 1. The zero-order valence-electron chi connectivity index (χ0n) is 17.4. The molecule has 2 aromatic rings. The van der Waals surface area contributed by atoms with Crippen LogP contribution in [0, 0.1) is 17.5 Å². The van der Waals surface area contributed by atoms with Gasteiger partial charge in [-0.05, 0) is 43.4 Å². The first kappa shape index (κ1) is 20.0. The molecular formula is C23H23F3N4O2. The Morgan fingerprint density at radius 2 is 1.72 bits per heavy atom. The maximum atomic E-state index is 14.0. The number of carbonyl (C=O) groups is 1. The van der Waals surface area contributed by atoms with Gasteiger partial charge in [0.1, 0.15) is 17.9 Å².